The molecule has 90 valence electrons. The number of carboxylic acids is 1. The summed E-state index contributed by atoms with van der Waals surface area (Å²) >= 11 is 0. The van der Waals surface area contributed by atoms with Gasteiger partial charge in [-0.2, -0.15) is 0 Å². The molecular weight excluding hydrogens is 214 g/mol. The highest BCUT2D eigenvalue weighted by atomic mass is 16.4. The Morgan fingerprint density at radius 3 is 2.81 bits per heavy atom. The SMILES string of the molecule is CC1C(=O)NCCN1C(=O)N[C@H](C)C(=O)O. The molecule has 7 nitrogen and oxygen atoms in total. The number of hydrogen-bond acceptors (Lipinski definition) is 3. The average molecular weight is 229 g/mol. The first-order chi connectivity index (χ1) is 7.43. The van der Waals surface area contributed by atoms with Gasteiger partial charge in [-0.3, -0.25) is 9.59 Å². The van der Waals surface area contributed by atoms with Crippen molar-refractivity contribution in [2.45, 2.75) is 25.9 Å². The van der Waals surface area contributed by atoms with Crippen LogP contribution < -0.4 is 10.6 Å². The number of hydrogen-bond donors (Lipinski definition) is 3. The molecule has 16 heavy (non-hydrogen) atoms. The number of carbonyl (C=O) groups excluding carboxylic acids is 2. The van der Waals surface area contributed by atoms with Crippen LogP contribution in [0.15, 0.2) is 0 Å². The summed E-state index contributed by atoms with van der Waals surface area (Å²) in [5.41, 5.74) is 0. The standard InChI is InChI=1S/C9H15N3O4/c1-5(8(14)15)11-9(16)12-4-3-10-7(13)6(12)2/h5-6H,3-4H2,1-2H3,(H,10,13)(H,11,16)(H,14,15)/t5-,6?/m1/s1. The van der Waals surface area contributed by atoms with Crippen molar-refractivity contribution >= 4 is 17.9 Å². The van der Waals surface area contributed by atoms with E-state index in [4.69, 9.17) is 5.11 Å². The van der Waals surface area contributed by atoms with E-state index in [1.165, 1.54) is 11.8 Å². The maximum Gasteiger partial charge on any atom is 0.325 e. The van der Waals surface area contributed by atoms with Crippen molar-refractivity contribution in [2.24, 2.45) is 0 Å². The van der Waals surface area contributed by atoms with E-state index in [0.717, 1.165) is 0 Å². The normalized spacial score (nSPS) is 22.2. The van der Waals surface area contributed by atoms with E-state index in [1.807, 2.05) is 0 Å². The fourth-order valence-corrected chi connectivity index (χ4v) is 1.39. The summed E-state index contributed by atoms with van der Waals surface area (Å²) in [5, 5.41) is 13.6. The van der Waals surface area contributed by atoms with Crippen molar-refractivity contribution in [3.05, 3.63) is 0 Å². The number of urea groups is 1. The molecule has 3 N–H and O–H groups in total. The van der Waals surface area contributed by atoms with E-state index in [-0.39, 0.29) is 5.91 Å². The number of nitrogens with one attached hydrogen (secondary N) is 2. The fraction of sp³-hybridized carbons (Fsp3) is 0.667. The lowest BCUT2D eigenvalue weighted by Crippen LogP contribution is -2.59. The Morgan fingerprint density at radius 1 is 1.62 bits per heavy atom. The molecule has 7 heteroatoms. The zero-order valence-corrected chi connectivity index (χ0v) is 9.19. The number of aliphatic carboxylic acids is 1. The summed E-state index contributed by atoms with van der Waals surface area (Å²) in [4.78, 5) is 34.8. The van der Waals surface area contributed by atoms with E-state index in [1.54, 1.807) is 6.92 Å². The number of rotatable bonds is 2. The second-order valence-corrected chi connectivity index (χ2v) is 3.67. The third-order valence-electron chi connectivity index (χ3n) is 2.47. The first kappa shape index (κ1) is 12.3. The molecular formula is C9H15N3O4. The van der Waals surface area contributed by atoms with Crippen LogP contribution in [0, 0.1) is 0 Å². The third-order valence-corrected chi connectivity index (χ3v) is 2.47. The zero-order chi connectivity index (χ0) is 12.3. The van der Waals surface area contributed by atoms with Crippen molar-refractivity contribution < 1.29 is 19.5 Å². The predicted molar refractivity (Wildman–Crippen MR) is 54.8 cm³/mol. The van der Waals surface area contributed by atoms with Gasteiger partial charge in [0, 0.05) is 13.1 Å². The fourth-order valence-electron chi connectivity index (χ4n) is 1.39. The molecule has 0 aliphatic carbocycles. The number of nitrogens with zero attached hydrogens (tertiary/aromatic N) is 1. The molecule has 1 rings (SSSR count). The summed E-state index contributed by atoms with van der Waals surface area (Å²) in [6, 6.07) is -2.07. The maximum absolute atomic E-state index is 11.6. The molecule has 1 fully saturated rings. The summed E-state index contributed by atoms with van der Waals surface area (Å²) in [6.45, 7) is 3.73. The number of amides is 3. The third kappa shape index (κ3) is 2.62. The van der Waals surface area contributed by atoms with Gasteiger partial charge in [0.25, 0.3) is 0 Å². The van der Waals surface area contributed by atoms with E-state index in [2.05, 4.69) is 10.6 Å². The van der Waals surface area contributed by atoms with Crippen LogP contribution >= 0.6 is 0 Å². The van der Waals surface area contributed by atoms with Crippen LogP contribution in [0.5, 0.6) is 0 Å². The van der Waals surface area contributed by atoms with Gasteiger partial charge in [-0.1, -0.05) is 0 Å². The summed E-state index contributed by atoms with van der Waals surface area (Å²) in [5.74, 6) is -1.34. The molecule has 1 aliphatic rings. The molecule has 0 aromatic rings. The van der Waals surface area contributed by atoms with E-state index in [0.29, 0.717) is 13.1 Å². The highest BCUT2D eigenvalue weighted by molar-refractivity contribution is 5.89. The predicted octanol–water partition coefficient (Wildman–Crippen LogP) is -1.01. The molecule has 0 aromatic carbocycles. The van der Waals surface area contributed by atoms with Gasteiger partial charge in [-0.25, -0.2) is 4.79 Å². The topological polar surface area (TPSA) is 98.7 Å². The summed E-state index contributed by atoms with van der Waals surface area (Å²) < 4.78 is 0. The molecule has 1 aliphatic heterocycles. The Bertz CT molecular complexity index is 318. The van der Waals surface area contributed by atoms with Crippen LogP contribution in [0.2, 0.25) is 0 Å². The Labute approximate surface area is 92.8 Å². The van der Waals surface area contributed by atoms with E-state index < -0.39 is 24.1 Å². The van der Waals surface area contributed by atoms with Crippen LogP contribution in [0.1, 0.15) is 13.8 Å². The highest BCUT2D eigenvalue weighted by Crippen LogP contribution is 2.04. The Balaban J connectivity index is 2.59. The monoisotopic (exact) mass is 229 g/mol. The minimum atomic E-state index is -1.11. The zero-order valence-electron chi connectivity index (χ0n) is 9.19. The highest BCUT2D eigenvalue weighted by Gasteiger charge is 2.30. The molecule has 0 spiro atoms. The largest absolute Gasteiger partial charge is 0.480 e. The van der Waals surface area contributed by atoms with Gasteiger partial charge in [-0.15, -0.1) is 0 Å². The smallest absolute Gasteiger partial charge is 0.325 e. The molecule has 0 saturated carbocycles. The molecule has 1 heterocycles. The van der Waals surface area contributed by atoms with E-state index in [9.17, 15) is 14.4 Å². The maximum atomic E-state index is 11.6. The van der Waals surface area contributed by atoms with Crippen LogP contribution in [0.4, 0.5) is 4.79 Å². The molecule has 1 saturated heterocycles. The molecule has 1 unspecified atom stereocenters. The number of piperazine rings is 1. The Kier molecular flexibility index (Phi) is 3.70. The van der Waals surface area contributed by atoms with Gasteiger partial charge in [0.2, 0.25) is 5.91 Å². The minimum absolute atomic E-state index is 0.232. The van der Waals surface area contributed by atoms with Crippen LogP contribution in [0.25, 0.3) is 0 Å². The Hall–Kier alpha value is -1.79. The van der Waals surface area contributed by atoms with Gasteiger partial charge in [0.1, 0.15) is 12.1 Å². The van der Waals surface area contributed by atoms with Crippen molar-refractivity contribution in [2.75, 3.05) is 13.1 Å². The van der Waals surface area contributed by atoms with Crippen molar-refractivity contribution in [1.29, 1.82) is 0 Å². The van der Waals surface area contributed by atoms with Gasteiger partial charge in [0.15, 0.2) is 0 Å². The molecule has 3 amide bonds. The van der Waals surface area contributed by atoms with Crippen molar-refractivity contribution in [3.8, 4) is 0 Å². The lowest BCUT2D eigenvalue weighted by molar-refractivity contribution is -0.138. The van der Waals surface area contributed by atoms with Crippen molar-refractivity contribution in [3.63, 3.8) is 0 Å². The van der Waals surface area contributed by atoms with Gasteiger partial charge in [-0.05, 0) is 13.8 Å². The number of carboxylic acid groups (broad SMARTS) is 1. The lowest BCUT2D eigenvalue weighted by Gasteiger charge is -2.33. The van der Waals surface area contributed by atoms with Crippen LogP contribution in [0.3, 0.4) is 0 Å². The minimum Gasteiger partial charge on any atom is -0.480 e. The summed E-state index contributed by atoms with van der Waals surface area (Å²) in [7, 11) is 0. The second kappa shape index (κ2) is 4.82. The first-order valence-corrected chi connectivity index (χ1v) is 5.01. The lowest BCUT2D eigenvalue weighted by atomic mass is 10.2. The molecule has 0 aromatic heterocycles. The first-order valence-electron chi connectivity index (χ1n) is 5.01. The van der Waals surface area contributed by atoms with Crippen LogP contribution in [-0.4, -0.2) is 53.1 Å². The number of carbonyl (C=O) groups is 3. The van der Waals surface area contributed by atoms with Crippen molar-refractivity contribution in [1.82, 2.24) is 15.5 Å². The van der Waals surface area contributed by atoms with Crippen LogP contribution in [-0.2, 0) is 9.59 Å². The second-order valence-electron chi connectivity index (χ2n) is 3.67. The average Bonchev–Trinajstić information content (AvgIpc) is 2.21. The molecule has 0 radical (unpaired) electrons. The Morgan fingerprint density at radius 2 is 2.25 bits per heavy atom. The van der Waals surface area contributed by atoms with Gasteiger partial charge < -0.3 is 20.6 Å². The quantitative estimate of drug-likeness (QED) is 0.565. The van der Waals surface area contributed by atoms with Gasteiger partial charge in [0.05, 0.1) is 0 Å². The van der Waals surface area contributed by atoms with E-state index >= 15 is 0 Å². The summed E-state index contributed by atoms with van der Waals surface area (Å²) in [6.07, 6.45) is 0. The molecule has 2 atom stereocenters. The van der Waals surface area contributed by atoms with Gasteiger partial charge >= 0.3 is 12.0 Å². The molecule has 0 bridgehead atoms.